The van der Waals surface area contributed by atoms with Crippen LogP contribution in [0.1, 0.15) is 34.6 Å². The van der Waals surface area contributed by atoms with Crippen LogP contribution in [0.4, 0.5) is 0 Å². The molecule has 0 unspecified atom stereocenters. The summed E-state index contributed by atoms with van der Waals surface area (Å²) in [6.07, 6.45) is -0.851. The monoisotopic (exact) mass is 395 g/mol. The van der Waals surface area contributed by atoms with E-state index in [2.05, 4.69) is 0 Å². The second-order valence-electron chi connectivity index (χ2n) is 7.29. The molecule has 29 heavy (non-hydrogen) atoms. The largest absolute Gasteiger partial charge is 0.486 e. The Bertz CT molecular complexity index is 983. The van der Waals surface area contributed by atoms with Gasteiger partial charge in [0.25, 0.3) is 11.8 Å². The van der Waals surface area contributed by atoms with Gasteiger partial charge in [0, 0.05) is 5.56 Å². The van der Waals surface area contributed by atoms with Crippen molar-refractivity contribution in [1.29, 1.82) is 0 Å². The number of ether oxygens (including phenoxy) is 3. The maximum absolute atomic E-state index is 13.0. The topological polar surface area (TPSA) is 82.1 Å². The number of rotatable bonds is 4. The molecule has 0 radical (unpaired) electrons. The molecule has 0 N–H and O–H groups in total. The molecule has 0 spiro atoms. The quantitative estimate of drug-likeness (QED) is 0.585. The van der Waals surface area contributed by atoms with Gasteiger partial charge in [-0.15, -0.1) is 0 Å². The number of para-hydroxylation sites is 1. The van der Waals surface area contributed by atoms with Crippen LogP contribution in [0.25, 0.3) is 0 Å². The van der Waals surface area contributed by atoms with Gasteiger partial charge in [0.1, 0.15) is 19.0 Å². The van der Waals surface area contributed by atoms with Crippen molar-refractivity contribution in [2.45, 2.75) is 20.0 Å². The third-order valence-electron chi connectivity index (χ3n) is 4.90. The summed E-state index contributed by atoms with van der Waals surface area (Å²) >= 11 is 0. The normalized spacial score (nSPS) is 18.2. The Labute approximate surface area is 168 Å². The highest BCUT2D eigenvalue weighted by Crippen LogP contribution is 2.32. The van der Waals surface area contributed by atoms with Crippen LogP contribution in [0, 0.1) is 5.92 Å². The lowest BCUT2D eigenvalue weighted by Gasteiger charge is -2.24. The maximum atomic E-state index is 13.0. The summed E-state index contributed by atoms with van der Waals surface area (Å²) in [5.41, 5.74) is 0.605. The summed E-state index contributed by atoms with van der Waals surface area (Å²) in [5, 5.41) is 0. The first-order valence-electron chi connectivity index (χ1n) is 9.50. The Balaban J connectivity index is 1.64. The van der Waals surface area contributed by atoms with E-state index in [1.165, 1.54) is 0 Å². The average Bonchev–Trinajstić information content (AvgIpc) is 2.83. The summed E-state index contributed by atoms with van der Waals surface area (Å²) in [5.74, 6) is -0.217. The van der Waals surface area contributed by atoms with Gasteiger partial charge in [-0.05, 0) is 36.2 Å². The van der Waals surface area contributed by atoms with Crippen LogP contribution in [0.15, 0.2) is 42.5 Å². The van der Waals surface area contributed by atoms with E-state index in [0.29, 0.717) is 36.0 Å². The molecule has 2 aliphatic rings. The number of nitrogens with zero attached hydrogens (tertiary/aromatic N) is 1. The average molecular weight is 395 g/mol. The zero-order valence-electron chi connectivity index (χ0n) is 16.2. The fourth-order valence-corrected chi connectivity index (χ4v) is 3.36. The van der Waals surface area contributed by atoms with E-state index in [1.54, 1.807) is 42.5 Å². The van der Waals surface area contributed by atoms with Gasteiger partial charge in [-0.2, -0.15) is 0 Å². The zero-order chi connectivity index (χ0) is 20.5. The van der Waals surface area contributed by atoms with E-state index in [1.807, 2.05) is 13.8 Å². The molecule has 1 atom stereocenters. The van der Waals surface area contributed by atoms with E-state index in [-0.39, 0.29) is 23.8 Å². The number of Topliss-reactive ketones (excluding diaryl/α,β-unsaturated/α-hetero) is 1. The number of hydrogen-bond acceptors (Lipinski definition) is 6. The molecule has 150 valence electrons. The molecule has 4 rings (SSSR count). The highest BCUT2D eigenvalue weighted by atomic mass is 16.6. The smallest absolute Gasteiger partial charge is 0.271 e. The zero-order valence-corrected chi connectivity index (χ0v) is 16.2. The molecule has 0 aromatic heterocycles. The van der Waals surface area contributed by atoms with Crippen LogP contribution in [-0.2, 0) is 4.79 Å². The molecule has 2 heterocycles. The van der Waals surface area contributed by atoms with E-state index in [4.69, 9.17) is 14.2 Å². The number of imide groups is 1. The van der Waals surface area contributed by atoms with E-state index >= 15 is 0 Å². The van der Waals surface area contributed by atoms with Crippen LogP contribution in [0.5, 0.6) is 17.2 Å². The second-order valence-corrected chi connectivity index (χ2v) is 7.29. The molecule has 2 aromatic rings. The summed E-state index contributed by atoms with van der Waals surface area (Å²) in [7, 11) is 0. The van der Waals surface area contributed by atoms with Gasteiger partial charge in [0.15, 0.2) is 23.4 Å². The second kappa shape index (κ2) is 7.58. The van der Waals surface area contributed by atoms with Gasteiger partial charge < -0.3 is 14.2 Å². The predicted octanol–water partition coefficient (Wildman–Crippen LogP) is 2.73. The Kier molecular flexibility index (Phi) is 4.96. The Morgan fingerprint density at radius 3 is 2.52 bits per heavy atom. The molecule has 2 amide bonds. The van der Waals surface area contributed by atoms with Gasteiger partial charge in [0.2, 0.25) is 0 Å². The minimum absolute atomic E-state index is 0.173. The van der Waals surface area contributed by atoms with Crippen molar-refractivity contribution in [3.8, 4) is 17.2 Å². The van der Waals surface area contributed by atoms with Gasteiger partial charge in [-0.25, -0.2) is 0 Å². The number of ketones is 1. The van der Waals surface area contributed by atoms with Crippen molar-refractivity contribution in [2.75, 3.05) is 19.8 Å². The molecular weight excluding hydrogens is 374 g/mol. The summed E-state index contributed by atoms with van der Waals surface area (Å²) in [6, 6.07) is 11.5. The van der Waals surface area contributed by atoms with E-state index < -0.39 is 17.9 Å². The molecule has 7 heteroatoms. The third kappa shape index (κ3) is 3.55. The van der Waals surface area contributed by atoms with Crippen LogP contribution < -0.4 is 14.2 Å². The van der Waals surface area contributed by atoms with Crippen LogP contribution in [0.2, 0.25) is 0 Å². The molecule has 0 aliphatic carbocycles. The molecular formula is C22H21NO6. The first-order chi connectivity index (χ1) is 14.0. The lowest BCUT2D eigenvalue weighted by Crippen LogP contribution is -2.47. The van der Waals surface area contributed by atoms with Crippen molar-refractivity contribution in [3.05, 3.63) is 53.6 Å². The fraction of sp³-hybridized carbons (Fsp3) is 0.318. The lowest BCUT2D eigenvalue weighted by atomic mass is 10.0. The lowest BCUT2D eigenvalue weighted by molar-refractivity contribution is -0.136. The highest BCUT2D eigenvalue weighted by Gasteiger charge is 2.39. The number of amides is 2. The Morgan fingerprint density at radius 1 is 1.03 bits per heavy atom. The summed E-state index contributed by atoms with van der Waals surface area (Å²) < 4.78 is 16.8. The standard InChI is InChI=1S/C22H21NO6/c1-13(2)20-22(26)23(21(25)15-5-3-4-6-17(15)29-20)12-16(24)14-7-8-18-19(11-14)28-10-9-27-18/h3-8,11,13,20H,9-10,12H2,1-2H3/t20-/m1/s1. The van der Waals surface area contributed by atoms with Crippen LogP contribution in [0.3, 0.4) is 0 Å². The number of fused-ring (bicyclic) bond motifs is 2. The summed E-state index contributed by atoms with van der Waals surface area (Å²) in [6.45, 7) is 4.15. The first kappa shape index (κ1) is 19.0. The summed E-state index contributed by atoms with van der Waals surface area (Å²) in [4.78, 5) is 40.0. The van der Waals surface area contributed by atoms with Crippen LogP contribution >= 0.6 is 0 Å². The predicted molar refractivity (Wildman–Crippen MR) is 104 cm³/mol. The fourth-order valence-electron chi connectivity index (χ4n) is 3.36. The Morgan fingerprint density at radius 2 is 1.76 bits per heavy atom. The van der Waals surface area contributed by atoms with Crippen molar-refractivity contribution in [1.82, 2.24) is 4.90 Å². The molecule has 0 saturated carbocycles. The van der Waals surface area contributed by atoms with Crippen molar-refractivity contribution in [3.63, 3.8) is 0 Å². The van der Waals surface area contributed by atoms with Crippen molar-refractivity contribution < 1.29 is 28.6 Å². The van der Waals surface area contributed by atoms with E-state index in [0.717, 1.165) is 4.90 Å². The maximum Gasteiger partial charge on any atom is 0.271 e. The minimum Gasteiger partial charge on any atom is -0.486 e. The highest BCUT2D eigenvalue weighted by molar-refractivity contribution is 6.12. The number of carbonyl (C=O) groups excluding carboxylic acids is 3. The molecule has 7 nitrogen and oxygen atoms in total. The SMILES string of the molecule is CC(C)[C@H]1Oc2ccccc2C(=O)N(CC(=O)c2ccc3c(c2)OCCO3)C1=O. The number of benzene rings is 2. The molecule has 0 fully saturated rings. The third-order valence-corrected chi connectivity index (χ3v) is 4.90. The number of hydrogen-bond donors (Lipinski definition) is 0. The molecule has 2 aliphatic heterocycles. The van der Waals surface area contributed by atoms with Gasteiger partial charge in [0.05, 0.1) is 12.1 Å². The van der Waals surface area contributed by atoms with Crippen LogP contribution in [-0.4, -0.2) is 48.4 Å². The molecule has 0 bridgehead atoms. The molecule has 0 saturated heterocycles. The van der Waals surface area contributed by atoms with E-state index in [9.17, 15) is 14.4 Å². The van der Waals surface area contributed by atoms with Crippen molar-refractivity contribution >= 4 is 17.6 Å². The molecule has 2 aromatic carbocycles. The van der Waals surface area contributed by atoms with Gasteiger partial charge >= 0.3 is 0 Å². The van der Waals surface area contributed by atoms with Gasteiger partial charge in [-0.3, -0.25) is 19.3 Å². The first-order valence-corrected chi connectivity index (χ1v) is 9.50. The van der Waals surface area contributed by atoms with Crippen molar-refractivity contribution in [2.24, 2.45) is 5.92 Å². The number of carbonyl (C=O) groups is 3. The Hall–Kier alpha value is -3.35. The minimum atomic E-state index is -0.851. The van der Waals surface area contributed by atoms with Gasteiger partial charge in [-0.1, -0.05) is 26.0 Å².